The molecule has 0 aliphatic rings. The quantitative estimate of drug-likeness (QED) is 0.509. The summed E-state index contributed by atoms with van der Waals surface area (Å²) in [5.74, 6) is 0.436. The lowest BCUT2D eigenvalue weighted by Crippen LogP contribution is -2.31. The summed E-state index contributed by atoms with van der Waals surface area (Å²) in [5, 5.41) is 16.8. The zero-order valence-corrected chi connectivity index (χ0v) is 12.0. The minimum Gasteiger partial charge on any atom is -0.354 e. The fourth-order valence-corrected chi connectivity index (χ4v) is 1.90. The van der Waals surface area contributed by atoms with Crippen LogP contribution in [0.5, 0.6) is 0 Å². The van der Waals surface area contributed by atoms with E-state index in [1.807, 2.05) is 25.1 Å². The van der Waals surface area contributed by atoms with Crippen molar-refractivity contribution in [1.29, 1.82) is 0 Å². The number of anilines is 1. The van der Waals surface area contributed by atoms with Gasteiger partial charge in [0.2, 0.25) is 0 Å². The molecule has 2 aromatic rings. The molecule has 1 atom stereocenters. The van der Waals surface area contributed by atoms with Crippen molar-refractivity contribution in [1.82, 2.24) is 15.3 Å². The predicted octanol–water partition coefficient (Wildman–Crippen LogP) is 2.43. The summed E-state index contributed by atoms with van der Waals surface area (Å²) < 4.78 is 0. The fraction of sp³-hybridized carbons (Fsp3) is 0.154. The first-order valence-corrected chi connectivity index (χ1v) is 6.56. The van der Waals surface area contributed by atoms with Crippen molar-refractivity contribution in [3.8, 4) is 0 Å². The van der Waals surface area contributed by atoms with Gasteiger partial charge in [-0.3, -0.25) is 15.1 Å². The van der Waals surface area contributed by atoms with Gasteiger partial charge in [-0.2, -0.15) is 0 Å². The molecular formula is C13H13N5O2S. The number of nitro groups is 1. The number of pyridine rings is 2. The molecule has 108 valence electrons. The Hall–Kier alpha value is -2.61. The van der Waals surface area contributed by atoms with Crippen molar-refractivity contribution in [2.45, 2.75) is 13.0 Å². The van der Waals surface area contributed by atoms with Gasteiger partial charge in [-0.25, -0.2) is 4.98 Å². The standard InChI is InChI=1S/C13H13N5O2S/c1-9(11-4-2-3-7-14-11)16-13(21)17-12-6-5-10(8-15-12)18(19)20/h2-9H,1H3,(H2,15,16,17,21). The number of thiocarbonyl (C=S) groups is 1. The molecule has 7 nitrogen and oxygen atoms in total. The monoisotopic (exact) mass is 303 g/mol. The molecule has 0 spiro atoms. The Balaban J connectivity index is 1.94. The summed E-state index contributed by atoms with van der Waals surface area (Å²) >= 11 is 5.17. The van der Waals surface area contributed by atoms with Crippen LogP contribution in [0.3, 0.4) is 0 Å². The zero-order valence-electron chi connectivity index (χ0n) is 11.2. The summed E-state index contributed by atoms with van der Waals surface area (Å²) in [5.41, 5.74) is 0.791. The lowest BCUT2D eigenvalue weighted by atomic mass is 10.2. The van der Waals surface area contributed by atoms with Crippen LogP contribution in [-0.4, -0.2) is 20.0 Å². The molecule has 2 aromatic heterocycles. The van der Waals surface area contributed by atoms with E-state index in [1.165, 1.54) is 18.3 Å². The highest BCUT2D eigenvalue weighted by Gasteiger charge is 2.09. The SMILES string of the molecule is CC(NC(=S)Nc1ccc([N+](=O)[O-])cn1)c1ccccn1. The first-order valence-electron chi connectivity index (χ1n) is 6.15. The van der Waals surface area contributed by atoms with Gasteiger partial charge in [0.15, 0.2) is 5.11 Å². The highest BCUT2D eigenvalue weighted by atomic mass is 32.1. The van der Waals surface area contributed by atoms with Crippen LogP contribution in [0.4, 0.5) is 11.5 Å². The maximum absolute atomic E-state index is 10.5. The average Bonchev–Trinajstić information content (AvgIpc) is 2.48. The Labute approximate surface area is 126 Å². The number of aromatic nitrogens is 2. The van der Waals surface area contributed by atoms with Crippen LogP contribution in [0.1, 0.15) is 18.7 Å². The van der Waals surface area contributed by atoms with Crippen molar-refractivity contribution >= 4 is 28.8 Å². The van der Waals surface area contributed by atoms with Crippen molar-refractivity contribution in [2.24, 2.45) is 0 Å². The van der Waals surface area contributed by atoms with Crippen LogP contribution in [0.15, 0.2) is 42.7 Å². The molecule has 0 fully saturated rings. The van der Waals surface area contributed by atoms with E-state index in [2.05, 4.69) is 20.6 Å². The second-order valence-corrected chi connectivity index (χ2v) is 4.64. The van der Waals surface area contributed by atoms with Crippen molar-refractivity contribution in [2.75, 3.05) is 5.32 Å². The van der Waals surface area contributed by atoms with Gasteiger partial charge < -0.3 is 10.6 Å². The third-order valence-corrected chi connectivity index (χ3v) is 2.90. The molecule has 0 aliphatic heterocycles. The molecular weight excluding hydrogens is 290 g/mol. The molecule has 0 saturated carbocycles. The Morgan fingerprint density at radius 1 is 1.33 bits per heavy atom. The molecule has 2 N–H and O–H groups in total. The molecule has 0 radical (unpaired) electrons. The van der Waals surface area contributed by atoms with Gasteiger partial charge in [-0.15, -0.1) is 0 Å². The van der Waals surface area contributed by atoms with E-state index in [9.17, 15) is 10.1 Å². The number of nitrogens with zero attached hydrogens (tertiary/aromatic N) is 3. The number of hydrogen-bond acceptors (Lipinski definition) is 5. The Morgan fingerprint density at radius 2 is 2.14 bits per heavy atom. The number of rotatable bonds is 4. The number of hydrogen-bond donors (Lipinski definition) is 2. The molecule has 0 aliphatic carbocycles. The number of nitrogens with one attached hydrogen (secondary N) is 2. The molecule has 2 heterocycles. The second kappa shape index (κ2) is 6.71. The van der Waals surface area contributed by atoms with E-state index in [0.29, 0.717) is 10.9 Å². The fourth-order valence-electron chi connectivity index (χ4n) is 1.62. The van der Waals surface area contributed by atoms with E-state index in [1.54, 1.807) is 6.20 Å². The molecule has 8 heteroatoms. The largest absolute Gasteiger partial charge is 0.354 e. The van der Waals surface area contributed by atoms with Gasteiger partial charge in [0, 0.05) is 12.3 Å². The van der Waals surface area contributed by atoms with E-state index >= 15 is 0 Å². The molecule has 0 amide bonds. The van der Waals surface area contributed by atoms with E-state index in [4.69, 9.17) is 12.2 Å². The summed E-state index contributed by atoms with van der Waals surface area (Å²) in [6.45, 7) is 1.93. The Bertz CT molecular complexity index is 633. The van der Waals surface area contributed by atoms with E-state index in [0.717, 1.165) is 5.69 Å². The molecule has 2 rings (SSSR count). The van der Waals surface area contributed by atoms with E-state index < -0.39 is 4.92 Å². The minimum atomic E-state index is -0.503. The lowest BCUT2D eigenvalue weighted by molar-refractivity contribution is -0.385. The summed E-state index contributed by atoms with van der Waals surface area (Å²) in [6, 6.07) is 8.43. The maximum Gasteiger partial charge on any atom is 0.287 e. The van der Waals surface area contributed by atoms with Crippen LogP contribution < -0.4 is 10.6 Å². The van der Waals surface area contributed by atoms with Gasteiger partial charge in [0.25, 0.3) is 5.69 Å². The van der Waals surface area contributed by atoms with Crippen molar-refractivity contribution < 1.29 is 4.92 Å². The minimum absolute atomic E-state index is 0.0655. The van der Waals surface area contributed by atoms with Crippen LogP contribution in [0, 0.1) is 10.1 Å². The van der Waals surface area contributed by atoms with Crippen LogP contribution in [-0.2, 0) is 0 Å². The van der Waals surface area contributed by atoms with Crippen LogP contribution in [0.25, 0.3) is 0 Å². The molecule has 0 saturated heterocycles. The first-order chi connectivity index (χ1) is 10.1. The summed E-state index contributed by atoms with van der Waals surface area (Å²) in [6.07, 6.45) is 2.88. The van der Waals surface area contributed by atoms with Gasteiger partial charge in [-0.1, -0.05) is 6.07 Å². The molecule has 21 heavy (non-hydrogen) atoms. The zero-order chi connectivity index (χ0) is 15.2. The lowest BCUT2D eigenvalue weighted by Gasteiger charge is -2.16. The molecule has 1 unspecified atom stereocenters. The van der Waals surface area contributed by atoms with Gasteiger partial charge in [0.1, 0.15) is 12.0 Å². The highest BCUT2D eigenvalue weighted by Crippen LogP contribution is 2.12. The normalized spacial score (nSPS) is 11.5. The average molecular weight is 303 g/mol. The highest BCUT2D eigenvalue weighted by molar-refractivity contribution is 7.80. The Morgan fingerprint density at radius 3 is 2.71 bits per heavy atom. The summed E-state index contributed by atoms with van der Waals surface area (Å²) in [7, 11) is 0. The third kappa shape index (κ3) is 4.18. The topological polar surface area (TPSA) is 93.0 Å². The van der Waals surface area contributed by atoms with Crippen molar-refractivity contribution in [3.63, 3.8) is 0 Å². The van der Waals surface area contributed by atoms with Gasteiger partial charge >= 0.3 is 0 Å². The summed E-state index contributed by atoms with van der Waals surface area (Å²) in [4.78, 5) is 18.2. The second-order valence-electron chi connectivity index (χ2n) is 4.23. The third-order valence-electron chi connectivity index (χ3n) is 2.68. The maximum atomic E-state index is 10.5. The molecule has 0 bridgehead atoms. The van der Waals surface area contributed by atoms with Crippen molar-refractivity contribution in [3.05, 3.63) is 58.5 Å². The van der Waals surface area contributed by atoms with Gasteiger partial charge in [0.05, 0.1) is 16.7 Å². The van der Waals surface area contributed by atoms with Crippen LogP contribution >= 0.6 is 12.2 Å². The van der Waals surface area contributed by atoms with Gasteiger partial charge in [-0.05, 0) is 37.3 Å². The van der Waals surface area contributed by atoms with E-state index in [-0.39, 0.29) is 11.7 Å². The van der Waals surface area contributed by atoms with Crippen LogP contribution in [0.2, 0.25) is 0 Å². The Kier molecular flexibility index (Phi) is 4.72. The first kappa shape index (κ1) is 14.8. The predicted molar refractivity (Wildman–Crippen MR) is 82.9 cm³/mol. The smallest absolute Gasteiger partial charge is 0.287 e. The molecule has 0 aromatic carbocycles.